The zero-order chi connectivity index (χ0) is 8.32. The second-order valence-electron chi connectivity index (χ2n) is 2.91. The van der Waals surface area contributed by atoms with Crippen LogP contribution in [0.25, 0.3) is 0 Å². The van der Waals surface area contributed by atoms with E-state index in [1.165, 1.54) is 0 Å². The van der Waals surface area contributed by atoms with Crippen molar-refractivity contribution in [3.8, 4) is 12.3 Å². The highest BCUT2D eigenvalue weighted by Crippen LogP contribution is 2.40. The van der Waals surface area contributed by atoms with Crippen molar-refractivity contribution < 1.29 is 4.74 Å². The number of rotatable bonds is 4. The van der Waals surface area contributed by atoms with Gasteiger partial charge in [0.25, 0.3) is 0 Å². The molecule has 1 aliphatic rings. The fourth-order valence-corrected chi connectivity index (χ4v) is 1.26. The summed E-state index contributed by atoms with van der Waals surface area (Å²) in [5.41, 5.74) is -0.280. The van der Waals surface area contributed by atoms with Gasteiger partial charge in [0.05, 0.1) is 0 Å². The number of terminal acetylenes is 1. The number of unbranched alkanes of at least 4 members (excludes halogenated alkanes) is 1. The van der Waals surface area contributed by atoms with Gasteiger partial charge in [-0.2, -0.15) is 0 Å². The molecule has 1 heteroatoms. The predicted molar refractivity (Wildman–Crippen MR) is 46.2 cm³/mol. The summed E-state index contributed by atoms with van der Waals surface area (Å²) in [5, 5.41) is 0. The van der Waals surface area contributed by atoms with E-state index in [-0.39, 0.29) is 11.7 Å². The minimum absolute atomic E-state index is 0.110. The van der Waals surface area contributed by atoms with Gasteiger partial charge in [-0.1, -0.05) is 25.3 Å². The molecule has 0 aromatic heterocycles. The normalized spacial score (nSPS) is 34.4. The molecule has 0 aromatic carbocycles. The molecule has 2 atom stereocenters. The molecule has 1 saturated heterocycles. The van der Waals surface area contributed by atoms with Crippen molar-refractivity contribution in [2.45, 2.75) is 37.9 Å². The summed E-state index contributed by atoms with van der Waals surface area (Å²) in [6, 6.07) is 0. The number of epoxide rings is 1. The van der Waals surface area contributed by atoms with Gasteiger partial charge in [-0.25, -0.2) is 0 Å². The topological polar surface area (TPSA) is 12.5 Å². The Labute approximate surface area is 68.4 Å². The molecule has 0 aromatic rings. The lowest BCUT2D eigenvalue weighted by atomic mass is 9.99. The van der Waals surface area contributed by atoms with Crippen LogP contribution in [0.15, 0.2) is 12.7 Å². The summed E-state index contributed by atoms with van der Waals surface area (Å²) < 4.78 is 5.35. The Hall–Kier alpha value is -0.740. The summed E-state index contributed by atoms with van der Waals surface area (Å²) in [4.78, 5) is 0. The summed E-state index contributed by atoms with van der Waals surface area (Å²) in [6.45, 7) is 5.80. The molecule has 0 aliphatic carbocycles. The van der Waals surface area contributed by atoms with Crippen molar-refractivity contribution in [1.29, 1.82) is 0 Å². The van der Waals surface area contributed by atoms with Crippen LogP contribution in [-0.2, 0) is 4.74 Å². The van der Waals surface area contributed by atoms with E-state index in [0.29, 0.717) is 0 Å². The van der Waals surface area contributed by atoms with E-state index >= 15 is 0 Å². The van der Waals surface area contributed by atoms with E-state index in [4.69, 9.17) is 11.2 Å². The first-order chi connectivity index (χ1) is 5.29. The maximum Gasteiger partial charge on any atom is 0.158 e. The van der Waals surface area contributed by atoms with Crippen LogP contribution >= 0.6 is 0 Å². The number of hydrogen-bond donors (Lipinski definition) is 0. The fourth-order valence-electron chi connectivity index (χ4n) is 1.26. The zero-order valence-corrected chi connectivity index (χ0v) is 6.97. The third kappa shape index (κ3) is 1.46. The molecule has 0 N–H and O–H groups in total. The first-order valence-corrected chi connectivity index (χ1v) is 4.07. The SMILES string of the molecule is C#CC1(CCCC)OC1C=C. The van der Waals surface area contributed by atoms with Crippen LogP contribution in [0.1, 0.15) is 26.2 Å². The molecule has 0 radical (unpaired) electrons. The molecular weight excluding hydrogens is 136 g/mol. The second kappa shape index (κ2) is 3.11. The van der Waals surface area contributed by atoms with Crippen LogP contribution < -0.4 is 0 Å². The van der Waals surface area contributed by atoms with Crippen molar-refractivity contribution >= 4 is 0 Å². The van der Waals surface area contributed by atoms with E-state index < -0.39 is 0 Å². The van der Waals surface area contributed by atoms with Gasteiger partial charge in [0.1, 0.15) is 6.10 Å². The molecule has 0 amide bonds. The summed E-state index contributed by atoms with van der Waals surface area (Å²) in [5.74, 6) is 2.69. The molecule has 1 aliphatic heterocycles. The molecule has 0 spiro atoms. The van der Waals surface area contributed by atoms with Gasteiger partial charge in [-0.3, -0.25) is 0 Å². The van der Waals surface area contributed by atoms with Crippen molar-refractivity contribution in [3.63, 3.8) is 0 Å². The van der Waals surface area contributed by atoms with Gasteiger partial charge in [-0.15, -0.1) is 13.0 Å². The fraction of sp³-hybridized carbons (Fsp3) is 0.600. The molecular formula is C10H14O. The molecule has 0 bridgehead atoms. The quantitative estimate of drug-likeness (QED) is 0.340. The Morgan fingerprint density at radius 1 is 1.82 bits per heavy atom. The van der Waals surface area contributed by atoms with Gasteiger partial charge in [0.15, 0.2) is 5.60 Å². The van der Waals surface area contributed by atoms with Gasteiger partial charge < -0.3 is 4.74 Å². The molecule has 1 nitrogen and oxygen atoms in total. The Kier molecular flexibility index (Phi) is 2.36. The Balaban J connectivity index is 2.41. The summed E-state index contributed by atoms with van der Waals surface area (Å²) in [7, 11) is 0. The highest BCUT2D eigenvalue weighted by molar-refractivity contribution is 5.26. The maximum atomic E-state index is 5.35. The molecule has 1 heterocycles. The highest BCUT2D eigenvalue weighted by Gasteiger charge is 2.52. The zero-order valence-electron chi connectivity index (χ0n) is 6.97. The van der Waals surface area contributed by atoms with Gasteiger partial charge in [0, 0.05) is 0 Å². The Morgan fingerprint density at radius 2 is 2.55 bits per heavy atom. The third-order valence-electron chi connectivity index (χ3n) is 2.10. The molecule has 0 saturated carbocycles. The maximum absolute atomic E-state index is 5.35. The van der Waals surface area contributed by atoms with Crippen LogP contribution in [0, 0.1) is 12.3 Å². The van der Waals surface area contributed by atoms with Crippen LogP contribution in [0.5, 0.6) is 0 Å². The lowest BCUT2D eigenvalue weighted by molar-refractivity contribution is 0.330. The van der Waals surface area contributed by atoms with Crippen LogP contribution in [-0.4, -0.2) is 11.7 Å². The third-order valence-corrected chi connectivity index (χ3v) is 2.10. The van der Waals surface area contributed by atoms with Crippen molar-refractivity contribution in [2.75, 3.05) is 0 Å². The molecule has 2 unspecified atom stereocenters. The minimum atomic E-state index is -0.280. The molecule has 1 rings (SSSR count). The second-order valence-corrected chi connectivity index (χ2v) is 2.91. The van der Waals surface area contributed by atoms with E-state index in [0.717, 1.165) is 19.3 Å². The van der Waals surface area contributed by atoms with Crippen LogP contribution in [0.2, 0.25) is 0 Å². The number of hydrogen-bond acceptors (Lipinski definition) is 1. The average molecular weight is 150 g/mol. The van der Waals surface area contributed by atoms with Gasteiger partial charge in [-0.05, 0) is 12.8 Å². The highest BCUT2D eigenvalue weighted by atomic mass is 16.6. The van der Waals surface area contributed by atoms with E-state index in [2.05, 4.69) is 19.4 Å². The van der Waals surface area contributed by atoms with E-state index in [1.807, 2.05) is 0 Å². The van der Waals surface area contributed by atoms with E-state index in [1.54, 1.807) is 6.08 Å². The van der Waals surface area contributed by atoms with Crippen molar-refractivity contribution in [2.24, 2.45) is 0 Å². The van der Waals surface area contributed by atoms with Crippen molar-refractivity contribution in [1.82, 2.24) is 0 Å². The Morgan fingerprint density at radius 3 is 2.91 bits per heavy atom. The van der Waals surface area contributed by atoms with Crippen LogP contribution in [0.3, 0.4) is 0 Å². The number of ether oxygens (including phenoxy) is 1. The molecule has 11 heavy (non-hydrogen) atoms. The lowest BCUT2D eigenvalue weighted by Crippen LogP contribution is -2.10. The van der Waals surface area contributed by atoms with Crippen molar-refractivity contribution in [3.05, 3.63) is 12.7 Å². The van der Waals surface area contributed by atoms with Gasteiger partial charge >= 0.3 is 0 Å². The molecule has 1 fully saturated rings. The van der Waals surface area contributed by atoms with Gasteiger partial charge in [0.2, 0.25) is 0 Å². The summed E-state index contributed by atoms with van der Waals surface area (Å²) >= 11 is 0. The van der Waals surface area contributed by atoms with Crippen LogP contribution in [0.4, 0.5) is 0 Å². The largest absolute Gasteiger partial charge is 0.348 e. The van der Waals surface area contributed by atoms with E-state index in [9.17, 15) is 0 Å². The first kappa shape index (κ1) is 8.36. The molecule has 60 valence electrons. The predicted octanol–water partition coefficient (Wildman–Crippen LogP) is 2.13. The Bertz CT molecular complexity index is 190. The average Bonchev–Trinajstić information content (AvgIpc) is 2.76. The smallest absolute Gasteiger partial charge is 0.158 e. The standard InChI is InChI=1S/C10H14O/c1-4-7-8-10(6-3)9(5-2)11-10/h3,5,9H,2,4,7-8H2,1H3. The lowest BCUT2D eigenvalue weighted by Gasteiger charge is -2.01. The summed E-state index contributed by atoms with van der Waals surface area (Å²) in [6.07, 6.45) is 10.5. The monoisotopic (exact) mass is 150 g/mol. The first-order valence-electron chi connectivity index (χ1n) is 4.07. The minimum Gasteiger partial charge on any atom is -0.348 e.